The Balaban J connectivity index is 1.82. The normalized spacial score (nSPS) is 25.1. The van der Waals surface area contributed by atoms with Crippen molar-refractivity contribution in [2.45, 2.75) is 32.1 Å². The lowest BCUT2D eigenvalue weighted by molar-refractivity contribution is -0.136. The number of fused-ring (bicyclic) bond motifs is 3. The average Bonchev–Trinajstić information content (AvgIpc) is 3.25. The van der Waals surface area contributed by atoms with Crippen LogP contribution in [0.1, 0.15) is 29.8 Å². The first kappa shape index (κ1) is 21.5. The van der Waals surface area contributed by atoms with Crippen LogP contribution in [-0.4, -0.2) is 52.1 Å². The molecule has 1 saturated heterocycles. The molecule has 1 amide bonds. The molecule has 0 spiro atoms. The maximum absolute atomic E-state index is 13.9. The molecule has 4 atom stereocenters. The molecule has 1 aromatic heterocycles. The van der Waals surface area contributed by atoms with Gasteiger partial charge in [0.2, 0.25) is 5.91 Å². The van der Waals surface area contributed by atoms with Gasteiger partial charge in [-0.05, 0) is 36.8 Å². The number of nitrogens with zero attached hydrogens (tertiary/aromatic N) is 3. The molecular formula is C24H28FN3O3. The van der Waals surface area contributed by atoms with Crippen molar-refractivity contribution in [2.75, 3.05) is 20.7 Å². The van der Waals surface area contributed by atoms with Crippen LogP contribution in [0.4, 0.5) is 4.39 Å². The number of pyridine rings is 1. The van der Waals surface area contributed by atoms with Gasteiger partial charge in [0.1, 0.15) is 5.82 Å². The fraction of sp³-hybridized carbons (Fsp3) is 0.417. The van der Waals surface area contributed by atoms with Crippen molar-refractivity contribution in [1.29, 1.82) is 0 Å². The lowest BCUT2D eigenvalue weighted by Gasteiger charge is -2.32. The Morgan fingerprint density at radius 2 is 2.06 bits per heavy atom. The van der Waals surface area contributed by atoms with Gasteiger partial charge in [0, 0.05) is 56.9 Å². The number of aromatic nitrogens is 1. The van der Waals surface area contributed by atoms with Crippen molar-refractivity contribution in [3.05, 3.63) is 75.5 Å². The summed E-state index contributed by atoms with van der Waals surface area (Å²) in [7, 11) is 3.40. The third-order valence-corrected chi connectivity index (χ3v) is 6.51. The third kappa shape index (κ3) is 3.62. The number of likely N-dealkylation sites (N-methyl/N-ethyl adjacent to an activating group) is 1. The minimum Gasteiger partial charge on any atom is -0.396 e. The Bertz CT molecular complexity index is 1080. The van der Waals surface area contributed by atoms with Crippen LogP contribution in [-0.2, 0) is 17.9 Å². The van der Waals surface area contributed by atoms with E-state index < -0.39 is 6.04 Å². The molecule has 0 bridgehead atoms. The summed E-state index contributed by atoms with van der Waals surface area (Å²) in [6, 6.07) is 9.35. The van der Waals surface area contributed by atoms with Crippen molar-refractivity contribution in [3.63, 3.8) is 0 Å². The zero-order valence-corrected chi connectivity index (χ0v) is 18.0. The third-order valence-electron chi connectivity index (χ3n) is 6.51. The molecule has 1 fully saturated rings. The highest BCUT2D eigenvalue weighted by Crippen LogP contribution is 2.50. The van der Waals surface area contributed by atoms with Gasteiger partial charge in [-0.2, -0.15) is 0 Å². The minimum atomic E-state index is -0.544. The Kier molecular flexibility index (Phi) is 5.81. The average molecular weight is 426 g/mol. The zero-order valence-electron chi connectivity index (χ0n) is 18.0. The maximum Gasteiger partial charge on any atom is 0.258 e. The second-order valence-corrected chi connectivity index (χ2v) is 8.56. The van der Waals surface area contributed by atoms with Crippen LogP contribution in [0.15, 0.2) is 47.3 Å². The maximum atomic E-state index is 13.9. The first-order chi connectivity index (χ1) is 14.9. The summed E-state index contributed by atoms with van der Waals surface area (Å²) in [6.07, 6.45) is 3.62. The SMILES string of the molecule is C/C=C/c1ccc2n(c1=O)C[C@H]1[C@H](CO)[C@@H](C(=O)N(C)C)N(Cc3cccc(F)c3)[C@@H]21. The van der Waals surface area contributed by atoms with Gasteiger partial charge in [-0.25, -0.2) is 4.39 Å². The molecule has 6 nitrogen and oxygen atoms in total. The van der Waals surface area contributed by atoms with Gasteiger partial charge in [0.05, 0.1) is 12.1 Å². The summed E-state index contributed by atoms with van der Waals surface area (Å²) in [4.78, 5) is 29.7. The first-order valence-corrected chi connectivity index (χ1v) is 10.6. The fourth-order valence-corrected chi connectivity index (χ4v) is 5.20. The van der Waals surface area contributed by atoms with Gasteiger partial charge < -0.3 is 14.6 Å². The lowest BCUT2D eigenvalue weighted by Crippen LogP contribution is -2.47. The van der Waals surface area contributed by atoms with Gasteiger partial charge in [-0.1, -0.05) is 24.3 Å². The van der Waals surface area contributed by atoms with E-state index in [2.05, 4.69) is 0 Å². The van der Waals surface area contributed by atoms with E-state index in [-0.39, 0.29) is 41.8 Å². The number of benzene rings is 1. The number of carbonyl (C=O) groups is 1. The van der Waals surface area contributed by atoms with E-state index in [4.69, 9.17) is 0 Å². The molecule has 2 aromatic rings. The second-order valence-electron chi connectivity index (χ2n) is 8.56. The molecule has 164 valence electrons. The van der Waals surface area contributed by atoms with Gasteiger partial charge in [-0.15, -0.1) is 0 Å². The number of carbonyl (C=O) groups excluding carboxylic acids is 1. The highest BCUT2D eigenvalue weighted by atomic mass is 19.1. The van der Waals surface area contributed by atoms with E-state index in [1.165, 1.54) is 17.0 Å². The number of allylic oxidation sites excluding steroid dienone is 1. The summed E-state index contributed by atoms with van der Waals surface area (Å²) < 4.78 is 15.6. The molecule has 0 radical (unpaired) electrons. The molecule has 4 rings (SSSR count). The van der Waals surface area contributed by atoms with Crippen LogP contribution in [0.25, 0.3) is 6.08 Å². The summed E-state index contributed by atoms with van der Waals surface area (Å²) in [5.74, 6) is -0.829. The van der Waals surface area contributed by atoms with Crippen molar-refractivity contribution in [3.8, 4) is 0 Å². The van der Waals surface area contributed by atoms with E-state index in [1.54, 1.807) is 30.8 Å². The van der Waals surface area contributed by atoms with Gasteiger partial charge >= 0.3 is 0 Å². The van der Waals surface area contributed by atoms with Crippen LogP contribution in [0.2, 0.25) is 0 Å². The van der Waals surface area contributed by atoms with Crippen molar-refractivity contribution < 1.29 is 14.3 Å². The lowest BCUT2D eigenvalue weighted by atomic mass is 9.88. The molecule has 1 aromatic carbocycles. The van der Waals surface area contributed by atoms with E-state index in [1.807, 2.05) is 36.1 Å². The van der Waals surface area contributed by atoms with Crippen LogP contribution < -0.4 is 5.56 Å². The number of likely N-dealkylation sites (tertiary alicyclic amines) is 1. The van der Waals surface area contributed by atoms with Gasteiger partial charge in [0.15, 0.2) is 0 Å². The molecule has 3 heterocycles. The van der Waals surface area contributed by atoms with Crippen molar-refractivity contribution in [1.82, 2.24) is 14.4 Å². The molecule has 7 heteroatoms. The van der Waals surface area contributed by atoms with Crippen LogP contribution in [0.5, 0.6) is 0 Å². The zero-order chi connectivity index (χ0) is 22.3. The Morgan fingerprint density at radius 1 is 1.29 bits per heavy atom. The second kappa shape index (κ2) is 8.40. The molecule has 2 aliphatic rings. The molecule has 0 aliphatic carbocycles. The van der Waals surface area contributed by atoms with Crippen LogP contribution in [0, 0.1) is 17.7 Å². The summed E-state index contributed by atoms with van der Waals surface area (Å²) in [6.45, 7) is 2.51. The van der Waals surface area contributed by atoms with Gasteiger partial charge in [0.25, 0.3) is 5.56 Å². The van der Waals surface area contributed by atoms with Crippen LogP contribution >= 0.6 is 0 Å². The molecule has 31 heavy (non-hydrogen) atoms. The highest BCUT2D eigenvalue weighted by molar-refractivity contribution is 5.82. The number of aliphatic hydroxyl groups excluding tert-OH is 1. The van der Waals surface area contributed by atoms with Crippen LogP contribution in [0.3, 0.4) is 0 Å². The van der Waals surface area contributed by atoms with E-state index in [9.17, 15) is 19.1 Å². The Morgan fingerprint density at radius 3 is 2.71 bits per heavy atom. The summed E-state index contributed by atoms with van der Waals surface area (Å²) >= 11 is 0. The Labute approximate surface area is 181 Å². The molecule has 2 aliphatic heterocycles. The van der Waals surface area contributed by atoms with E-state index in [0.29, 0.717) is 18.7 Å². The largest absolute Gasteiger partial charge is 0.396 e. The highest BCUT2D eigenvalue weighted by Gasteiger charge is 2.55. The van der Waals surface area contributed by atoms with E-state index >= 15 is 0 Å². The predicted octanol–water partition coefficient (Wildman–Crippen LogP) is 2.27. The predicted molar refractivity (Wildman–Crippen MR) is 117 cm³/mol. The summed E-state index contributed by atoms with van der Waals surface area (Å²) in [5.41, 5.74) is 2.14. The first-order valence-electron chi connectivity index (χ1n) is 10.6. The monoisotopic (exact) mass is 425 g/mol. The number of aliphatic hydroxyl groups is 1. The number of hydrogen-bond acceptors (Lipinski definition) is 4. The molecule has 0 unspecified atom stereocenters. The molecule has 0 saturated carbocycles. The summed E-state index contributed by atoms with van der Waals surface area (Å²) in [5, 5.41) is 10.3. The Hall–Kier alpha value is -2.77. The number of amides is 1. The minimum absolute atomic E-state index is 0.0668. The molecular weight excluding hydrogens is 397 g/mol. The number of hydrogen-bond donors (Lipinski definition) is 1. The smallest absolute Gasteiger partial charge is 0.258 e. The topological polar surface area (TPSA) is 65.8 Å². The van der Waals surface area contributed by atoms with Crippen molar-refractivity contribution >= 4 is 12.0 Å². The van der Waals surface area contributed by atoms with Crippen molar-refractivity contribution in [2.24, 2.45) is 11.8 Å². The standard InChI is InChI=1S/C24H28FN3O3/c1-4-6-16-9-10-20-21-18(13-27(20)23(16)30)19(14-29)22(24(31)26(2)3)28(21)12-15-7-5-8-17(25)11-15/h4-11,18-19,21-22,29H,12-14H2,1-3H3/b6-4+/t18-,19-,21+,22-/m0/s1. The quantitative estimate of drug-likeness (QED) is 0.798. The fourth-order valence-electron chi connectivity index (χ4n) is 5.20. The van der Waals surface area contributed by atoms with E-state index in [0.717, 1.165) is 11.3 Å². The number of halogens is 1. The molecule has 1 N–H and O–H groups in total. The van der Waals surface area contributed by atoms with Gasteiger partial charge in [-0.3, -0.25) is 14.5 Å². The number of rotatable bonds is 5.